The summed E-state index contributed by atoms with van der Waals surface area (Å²) in [4.78, 5) is 12.1. The number of anilines is 2. The third kappa shape index (κ3) is 5.09. The van der Waals surface area contributed by atoms with Crippen molar-refractivity contribution in [2.75, 3.05) is 16.2 Å². The van der Waals surface area contributed by atoms with Crippen LogP contribution >= 0.6 is 0 Å². The Morgan fingerprint density at radius 3 is 2.44 bits per heavy atom. The van der Waals surface area contributed by atoms with Gasteiger partial charge in [-0.25, -0.2) is 17.6 Å². The average Bonchev–Trinajstić information content (AvgIpc) is 3.53. The lowest BCUT2D eigenvalue weighted by molar-refractivity contribution is -0.242. The monoisotopic (exact) mass is 569 g/mol. The van der Waals surface area contributed by atoms with E-state index in [1.807, 2.05) is 0 Å². The number of amides is 1. The van der Waals surface area contributed by atoms with Crippen LogP contribution in [-0.4, -0.2) is 38.4 Å². The minimum atomic E-state index is -4.82. The van der Waals surface area contributed by atoms with Crippen molar-refractivity contribution in [2.45, 2.75) is 63.3 Å². The summed E-state index contributed by atoms with van der Waals surface area (Å²) in [5.74, 6) is -0.750. The van der Waals surface area contributed by atoms with E-state index in [4.69, 9.17) is 4.74 Å². The van der Waals surface area contributed by atoms with Gasteiger partial charge in [0, 0.05) is 11.6 Å². The molecule has 0 aromatic heterocycles. The first-order valence-corrected chi connectivity index (χ1v) is 13.4. The van der Waals surface area contributed by atoms with Crippen LogP contribution in [0, 0.1) is 35.4 Å². The highest BCUT2D eigenvalue weighted by atomic mass is 32.2. The Labute approximate surface area is 223 Å². The number of hydrogen-bond donors (Lipinski definition) is 1. The van der Waals surface area contributed by atoms with Crippen molar-refractivity contribution in [3.05, 3.63) is 47.8 Å². The molecule has 2 aromatic rings. The first-order chi connectivity index (χ1) is 17.8. The molecule has 2 aliphatic rings. The van der Waals surface area contributed by atoms with Crippen LogP contribution in [0.3, 0.4) is 0 Å². The number of carbonyl (C=O) groups is 1. The minimum Gasteiger partial charge on any atom is -0.483 e. The van der Waals surface area contributed by atoms with E-state index in [0.29, 0.717) is 20.3 Å². The summed E-state index contributed by atoms with van der Waals surface area (Å²) in [5, 5.41) is 11.8. The van der Waals surface area contributed by atoms with Gasteiger partial charge in [0.15, 0.2) is 0 Å². The van der Waals surface area contributed by atoms with E-state index in [-0.39, 0.29) is 40.0 Å². The van der Waals surface area contributed by atoms with Crippen LogP contribution in [-0.2, 0) is 14.8 Å². The summed E-state index contributed by atoms with van der Waals surface area (Å²) >= 11 is 0. The standard InChI is InChI=1S/C26H27F4N3O5S/c1-15-10-17(7-8-18(15)27)39(35,36)33-14-25(12-21(25)23(2,3)13-31)37-20-9-6-16(11-19(20)33)32-22(34)38-24(4,5)26(28,29)30/h6-11,21H,12,14H2,1-5H3,(H,32,34)/t21-,25-/m1/s1. The van der Waals surface area contributed by atoms with Gasteiger partial charge in [-0.15, -0.1) is 0 Å². The molecule has 0 saturated heterocycles. The number of nitrogens with one attached hydrogen (secondary N) is 1. The summed E-state index contributed by atoms with van der Waals surface area (Å²) < 4.78 is 92.8. The Morgan fingerprint density at radius 2 is 1.85 bits per heavy atom. The predicted molar refractivity (Wildman–Crippen MR) is 133 cm³/mol. The Morgan fingerprint density at radius 1 is 1.18 bits per heavy atom. The van der Waals surface area contributed by atoms with E-state index in [1.165, 1.54) is 31.2 Å². The Hall–Kier alpha value is -3.53. The molecular weight excluding hydrogens is 542 g/mol. The first-order valence-electron chi connectivity index (χ1n) is 11.9. The number of ether oxygens (including phenoxy) is 2. The number of sulfonamides is 1. The van der Waals surface area contributed by atoms with E-state index >= 15 is 0 Å². The largest absolute Gasteiger partial charge is 0.483 e. The fourth-order valence-corrected chi connectivity index (χ4v) is 6.18. The van der Waals surface area contributed by atoms with Crippen molar-refractivity contribution in [2.24, 2.45) is 11.3 Å². The molecule has 39 heavy (non-hydrogen) atoms. The van der Waals surface area contributed by atoms with Crippen LogP contribution in [0.15, 0.2) is 41.3 Å². The molecule has 1 amide bonds. The number of nitrogens with zero attached hydrogens (tertiary/aromatic N) is 2. The number of aryl methyl sites for hydroxylation is 1. The molecule has 1 spiro atoms. The normalized spacial score (nSPS) is 21.0. The quantitative estimate of drug-likeness (QED) is 0.448. The highest BCUT2D eigenvalue weighted by Gasteiger charge is 2.66. The lowest BCUT2D eigenvalue weighted by Crippen LogP contribution is -2.47. The van der Waals surface area contributed by atoms with Crippen molar-refractivity contribution in [1.29, 1.82) is 5.26 Å². The molecule has 1 N–H and O–H groups in total. The summed E-state index contributed by atoms with van der Waals surface area (Å²) in [6.45, 7) is 6.10. The van der Waals surface area contributed by atoms with Gasteiger partial charge in [0.2, 0.25) is 5.60 Å². The topological polar surface area (TPSA) is 109 Å². The van der Waals surface area contributed by atoms with Gasteiger partial charge < -0.3 is 9.47 Å². The fourth-order valence-electron chi connectivity index (χ4n) is 4.57. The average molecular weight is 570 g/mol. The molecular formula is C26H27F4N3O5S. The van der Waals surface area contributed by atoms with E-state index in [9.17, 15) is 36.0 Å². The maximum absolute atomic E-state index is 13.9. The van der Waals surface area contributed by atoms with E-state index in [2.05, 4.69) is 16.1 Å². The van der Waals surface area contributed by atoms with Crippen molar-refractivity contribution < 1.29 is 40.2 Å². The summed E-state index contributed by atoms with van der Waals surface area (Å²) in [6, 6.07) is 9.54. The number of alkyl halides is 3. The van der Waals surface area contributed by atoms with Gasteiger partial charge in [0.05, 0.1) is 28.6 Å². The van der Waals surface area contributed by atoms with E-state index in [0.717, 1.165) is 16.4 Å². The van der Waals surface area contributed by atoms with E-state index in [1.54, 1.807) is 13.8 Å². The van der Waals surface area contributed by atoms with Gasteiger partial charge in [0.25, 0.3) is 10.0 Å². The number of benzene rings is 2. The smallest absolute Gasteiger partial charge is 0.427 e. The number of nitriles is 1. The molecule has 13 heteroatoms. The number of halogens is 4. The molecule has 1 saturated carbocycles. The van der Waals surface area contributed by atoms with Crippen molar-refractivity contribution in [1.82, 2.24) is 0 Å². The van der Waals surface area contributed by atoms with Crippen molar-refractivity contribution in [3.63, 3.8) is 0 Å². The minimum absolute atomic E-state index is 0.0101. The molecule has 4 rings (SSSR count). The van der Waals surface area contributed by atoms with Gasteiger partial charge in [0.1, 0.15) is 17.2 Å². The second-order valence-electron chi connectivity index (χ2n) is 10.9. The molecule has 210 valence electrons. The number of fused-ring (bicyclic) bond motifs is 1. The SMILES string of the molecule is Cc1cc(S(=O)(=O)N2C[C@@]3(C[C@@H]3C(C)(C)C#N)Oc3ccc(NC(=O)OC(C)(C)C(F)(F)F)cc32)ccc1F. The zero-order valence-corrected chi connectivity index (χ0v) is 22.6. The summed E-state index contributed by atoms with van der Waals surface area (Å²) in [5.41, 5.74) is -4.52. The van der Waals surface area contributed by atoms with Gasteiger partial charge >= 0.3 is 12.3 Å². The zero-order chi connectivity index (χ0) is 29.2. The van der Waals surface area contributed by atoms with Gasteiger partial charge in [-0.1, -0.05) is 0 Å². The van der Waals surface area contributed by atoms with Crippen LogP contribution in [0.4, 0.5) is 33.7 Å². The van der Waals surface area contributed by atoms with Crippen LogP contribution in [0.2, 0.25) is 0 Å². The molecule has 1 aliphatic carbocycles. The number of rotatable bonds is 5. The van der Waals surface area contributed by atoms with Crippen molar-refractivity contribution >= 4 is 27.5 Å². The summed E-state index contributed by atoms with van der Waals surface area (Å²) in [7, 11) is -4.30. The molecule has 8 nitrogen and oxygen atoms in total. The molecule has 0 unspecified atom stereocenters. The molecule has 2 aromatic carbocycles. The van der Waals surface area contributed by atoms with E-state index < -0.39 is 44.7 Å². The van der Waals surface area contributed by atoms with Gasteiger partial charge in [-0.2, -0.15) is 18.4 Å². The highest BCUT2D eigenvalue weighted by molar-refractivity contribution is 7.92. The molecule has 1 fully saturated rings. The first kappa shape index (κ1) is 28.5. The maximum atomic E-state index is 13.9. The Bertz CT molecular complexity index is 1480. The zero-order valence-electron chi connectivity index (χ0n) is 21.8. The van der Waals surface area contributed by atoms with Gasteiger partial charge in [-0.05, 0) is 83.0 Å². The lowest BCUT2D eigenvalue weighted by Gasteiger charge is -2.38. The lowest BCUT2D eigenvalue weighted by atomic mass is 9.87. The van der Waals surface area contributed by atoms with Crippen LogP contribution in [0.25, 0.3) is 0 Å². The molecule has 1 heterocycles. The third-order valence-corrected chi connectivity index (χ3v) is 8.89. The number of carbonyl (C=O) groups excluding carboxylic acids is 1. The fraction of sp³-hybridized carbons (Fsp3) is 0.462. The third-order valence-electron chi connectivity index (χ3n) is 7.13. The highest BCUT2D eigenvalue weighted by Crippen LogP contribution is 2.60. The van der Waals surface area contributed by atoms with Crippen LogP contribution in [0.1, 0.15) is 39.7 Å². The Kier molecular flexibility index (Phi) is 6.58. The molecule has 2 atom stereocenters. The molecule has 0 radical (unpaired) electrons. The second-order valence-corrected chi connectivity index (χ2v) is 12.7. The van der Waals surface area contributed by atoms with Crippen LogP contribution < -0.4 is 14.4 Å². The van der Waals surface area contributed by atoms with Gasteiger partial charge in [-0.3, -0.25) is 9.62 Å². The van der Waals surface area contributed by atoms with Crippen molar-refractivity contribution in [3.8, 4) is 11.8 Å². The maximum Gasteiger partial charge on any atom is 0.427 e. The number of hydrogen-bond acceptors (Lipinski definition) is 6. The predicted octanol–water partition coefficient (Wildman–Crippen LogP) is 5.92. The van der Waals surface area contributed by atoms with Crippen LogP contribution in [0.5, 0.6) is 5.75 Å². The summed E-state index contributed by atoms with van der Waals surface area (Å²) in [6.07, 6.45) is -5.81. The second kappa shape index (κ2) is 9.01. The molecule has 0 bridgehead atoms. The molecule has 1 aliphatic heterocycles. The Balaban J connectivity index is 1.73.